The summed E-state index contributed by atoms with van der Waals surface area (Å²) in [6, 6.07) is 4.34. The van der Waals surface area contributed by atoms with Gasteiger partial charge in [0.05, 0.1) is 0 Å². The molecule has 50 valence electrons. The Labute approximate surface area is 62.1 Å². The summed E-state index contributed by atoms with van der Waals surface area (Å²) >= 11 is 1.87. The highest BCUT2D eigenvalue weighted by molar-refractivity contribution is 7.37. The second-order valence-electron chi connectivity index (χ2n) is 1.86. The smallest absolute Gasteiger partial charge is 0.00855 e. The van der Waals surface area contributed by atoms with Gasteiger partial charge >= 0.3 is 0 Å². The minimum atomic E-state index is 1.12. The van der Waals surface area contributed by atoms with Gasteiger partial charge in [0.1, 0.15) is 0 Å². The maximum Gasteiger partial charge on any atom is 0.00855 e. The second kappa shape index (κ2) is 4.03. The zero-order valence-electron chi connectivity index (χ0n) is 5.55. The van der Waals surface area contributed by atoms with E-state index in [0.717, 1.165) is 8.58 Å². The maximum atomic E-state index is 2.24. The minimum absolute atomic E-state index is 1.12. The van der Waals surface area contributed by atoms with Crippen LogP contribution in [0.1, 0.15) is 11.8 Å². The first-order valence-electron chi connectivity index (χ1n) is 3.16. The Morgan fingerprint density at radius 1 is 1.67 bits per heavy atom. The molecule has 0 bridgehead atoms. The van der Waals surface area contributed by atoms with Gasteiger partial charge in [-0.2, -0.15) is 0 Å². The van der Waals surface area contributed by atoms with Crippen molar-refractivity contribution >= 4 is 19.9 Å². The quantitative estimate of drug-likeness (QED) is 0.593. The topological polar surface area (TPSA) is 0 Å². The summed E-state index contributed by atoms with van der Waals surface area (Å²) in [5, 5.41) is 2.15. The number of hydrogen-bond acceptors (Lipinski definition) is 1. The van der Waals surface area contributed by atoms with Gasteiger partial charge in [0.15, 0.2) is 0 Å². The summed E-state index contributed by atoms with van der Waals surface area (Å²) in [5.74, 6) is 0. The molecule has 1 aromatic heterocycles. The maximum absolute atomic E-state index is 2.24. The molecule has 1 rings (SSSR count). The molecule has 0 aromatic carbocycles. The van der Waals surface area contributed by atoms with Crippen LogP contribution in [0.15, 0.2) is 17.5 Å². The lowest BCUT2D eigenvalue weighted by Crippen LogP contribution is -1.68. The Bertz CT molecular complexity index is 146. The van der Waals surface area contributed by atoms with Gasteiger partial charge in [-0.05, 0) is 23.8 Å². The molecular weight excluding hydrogens is 147 g/mol. The first-order chi connectivity index (χ1) is 4.43. The van der Waals surface area contributed by atoms with E-state index in [1.165, 1.54) is 17.2 Å². The largest absolute Gasteiger partial charge is 0.149 e. The molecule has 0 N–H and O–H groups in total. The van der Waals surface area contributed by atoms with E-state index >= 15 is 0 Å². The summed E-state index contributed by atoms with van der Waals surface area (Å²) in [7, 11) is 1.12. The van der Waals surface area contributed by atoms with Crippen molar-refractivity contribution in [1.82, 2.24) is 0 Å². The fourth-order valence-corrected chi connectivity index (χ4v) is 2.40. The Hall–Kier alpha value is 0.130. The van der Waals surface area contributed by atoms with Crippen molar-refractivity contribution in [3.63, 3.8) is 0 Å². The van der Waals surface area contributed by atoms with E-state index in [2.05, 4.69) is 24.4 Å². The standard InChI is InChI=1S/C7H11PS/c1-2-8-6-7-4-3-5-9-7/h3-5,8H,2,6H2,1H3. The average molecular weight is 158 g/mol. The predicted molar refractivity (Wildman–Crippen MR) is 46.9 cm³/mol. The third kappa shape index (κ3) is 2.47. The Morgan fingerprint density at radius 2 is 2.56 bits per heavy atom. The summed E-state index contributed by atoms with van der Waals surface area (Å²) in [4.78, 5) is 1.54. The van der Waals surface area contributed by atoms with Crippen LogP contribution in [-0.4, -0.2) is 6.16 Å². The summed E-state index contributed by atoms with van der Waals surface area (Å²) in [5.41, 5.74) is 0. The molecule has 0 fully saturated rings. The highest BCUT2D eigenvalue weighted by Gasteiger charge is 1.89. The third-order valence-electron chi connectivity index (χ3n) is 1.13. The van der Waals surface area contributed by atoms with E-state index in [0.29, 0.717) is 0 Å². The van der Waals surface area contributed by atoms with Crippen LogP contribution in [0.5, 0.6) is 0 Å². The molecule has 0 saturated heterocycles. The van der Waals surface area contributed by atoms with Gasteiger partial charge in [-0.25, -0.2) is 0 Å². The normalized spacial score (nSPS) is 11.2. The molecule has 0 aliphatic heterocycles. The van der Waals surface area contributed by atoms with Crippen molar-refractivity contribution in [3.8, 4) is 0 Å². The Morgan fingerprint density at radius 3 is 3.11 bits per heavy atom. The first kappa shape index (κ1) is 7.24. The monoisotopic (exact) mass is 158 g/mol. The molecule has 1 unspecified atom stereocenters. The van der Waals surface area contributed by atoms with Gasteiger partial charge in [0.25, 0.3) is 0 Å². The highest BCUT2D eigenvalue weighted by Crippen LogP contribution is 2.20. The van der Waals surface area contributed by atoms with Gasteiger partial charge in [-0.3, -0.25) is 0 Å². The van der Waals surface area contributed by atoms with E-state index < -0.39 is 0 Å². The lowest BCUT2D eigenvalue weighted by Gasteiger charge is -1.91. The van der Waals surface area contributed by atoms with Crippen LogP contribution in [0.4, 0.5) is 0 Å². The van der Waals surface area contributed by atoms with Gasteiger partial charge in [0.2, 0.25) is 0 Å². The molecule has 9 heavy (non-hydrogen) atoms. The van der Waals surface area contributed by atoms with Crippen LogP contribution in [0, 0.1) is 0 Å². The lowest BCUT2D eigenvalue weighted by atomic mass is 10.5. The Balaban J connectivity index is 2.30. The van der Waals surface area contributed by atoms with Crippen molar-refractivity contribution in [2.24, 2.45) is 0 Å². The van der Waals surface area contributed by atoms with Crippen LogP contribution in [0.25, 0.3) is 0 Å². The van der Waals surface area contributed by atoms with Crippen molar-refractivity contribution < 1.29 is 0 Å². The first-order valence-corrected chi connectivity index (χ1v) is 5.46. The third-order valence-corrected chi connectivity index (χ3v) is 3.39. The molecule has 0 amide bonds. The van der Waals surface area contributed by atoms with E-state index in [1.54, 1.807) is 0 Å². The van der Waals surface area contributed by atoms with Gasteiger partial charge in [0, 0.05) is 4.88 Å². The number of thiophene rings is 1. The van der Waals surface area contributed by atoms with Crippen molar-refractivity contribution in [1.29, 1.82) is 0 Å². The molecule has 0 saturated carbocycles. The molecular formula is C7H11PS. The molecule has 1 heterocycles. The van der Waals surface area contributed by atoms with Crippen LogP contribution in [-0.2, 0) is 6.16 Å². The van der Waals surface area contributed by atoms with Crippen LogP contribution in [0.3, 0.4) is 0 Å². The molecule has 0 radical (unpaired) electrons. The second-order valence-corrected chi connectivity index (χ2v) is 4.45. The molecule has 1 aromatic rings. The van der Waals surface area contributed by atoms with Gasteiger partial charge in [-0.15, -0.1) is 19.9 Å². The molecule has 0 nitrogen and oxygen atoms in total. The molecule has 2 heteroatoms. The zero-order chi connectivity index (χ0) is 6.53. The fraction of sp³-hybridized carbons (Fsp3) is 0.429. The number of rotatable bonds is 3. The summed E-state index contributed by atoms with van der Waals surface area (Å²) in [6.07, 6.45) is 2.63. The van der Waals surface area contributed by atoms with E-state index in [9.17, 15) is 0 Å². The van der Waals surface area contributed by atoms with E-state index in [1.807, 2.05) is 11.3 Å². The van der Waals surface area contributed by atoms with Gasteiger partial charge in [-0.1, -0.05) is 13.0 Å². The van der Waals surface area contributed by atoms with Crippen LogP contribution < -0.4 is 0 Å². The average Bonchev–Trinajstić information content (AvgIpc) is 2.34. The zero-order valence-corrected chi connectivity index (χ0v) is 7.37. The Kier molecular flexibility index (Phi) is 3.24. The van der Waals surface area contributed by atoms with Crippen molar-refractivity contribution in [3.05, 3.63) is 22.4 Å². The predicted octanol–water partition coefficient (Wildman–Crippen LogP) is 2.95. The van der Waals surface area contributed by atoms with E-state index in [4.69, 9.17) is 0 Å². The van der Waals surface area contributed by atoms with E-state index in [-0.39, 0.29) is 0 Å². The fourth-order valence-electron chi connectivity index (χ4n) is 0.661. The summed E-state index contributed by atoms with van der Waals surface area (Å²) < 4.78 is 0. The SMILES string of the molecule is CCPCc1cccs1. The molecule has 0 spiro atoms. The lowest BCUT2D eigenvalue weighted by molar-refractivity contribution is 1.45. The number of hydrogen-bond donors (Lipinski definition) is 0. The molecule has 0 aliphatic rings. The highest BCUT2D eigenvalue weighted by atomic mass is 32.1. The van der Waals surface area contributed by atoms with Gasteiger partial charge < -0.3 is 0 Å². The van der Waals surface area contributed by atoms with Crippen molar-refractivity contribution in [2.75, 3.05) is 6.16 Å². The van der Waals surface area contributed by atoms with Crippen LogP contribution in [0.2, 0.25) is 0 Å². The molecule has 0 aliphatic carbocycles. The minimum Gasteiger partial charge on any atom is -0.149 e. The van der Waals surface area contributed by atoms with Crippen molar-refractivity contribution in [2.45, 2.75) is 13.1 Å². The molecule has 1 atom stereocenters. The summed E-state index contributed by atoms with van der Waals surface area (Å²) in [6.45, 7) is 2.24. The van der Waals surface area contributed by atoms with Crippen LogP contribution >= 0.6 is 19.9 Å².